The van der Waals surface area contributed by atoms with Gasteiger partial charge in [-0.25, -0.2) is 9.97 Å². The van der Waals surface area contributed by atoms with Crippen LogP contribution in [0.15, 0.2) is 70.1 Å². The van der Waals surface area contributed by atoms with Gasteiger partial charge in [0.1, 0.15) is 34.9 Å². The minimum absolute atomic E-state index is 0.0496. The Kier molecular flexibility index (Phi) is 6.52. The van der Waals surface area contributed by atoms with Crippen molar-refractivity contribution in [1.29, 1.82) is 0 Å². The summed E-state index contributed by atoms with van der Waals surface area (Å²) in [5, 5.41) is 21.2. The maximum absolute atomic E-state index is 13.6. The third-order valence-electron chi connectivity index (χ3n) is 7.19. The van der Waals surface area contributed by atoms with E-state index in [4.69, 9.17) is 15.6 Å². The Bertz CT molecular complexity index is 1510. The average molecular weight is 499 g/mol. The Morgan fingerprint density at radius 1 is 1.19 bits per heavy atom. The molecule has 2 heterocycles. The highest BCUT2D eigenvalue weighted by Gasteiger charge is 2.37. The fraction of sp³-hybridized carbons (Fsp3) is 0.310. The topological polar surface area (TPSA) is 140 Å². The molecule has 4 aromatic rings. The van der Waals surface area contributed by atoms with Gasteiger partial charge in [0.2, 0.25) is 5.43 Å². The number of aliphatic hydroxyl groups is 1. The first-order valence-electron chi connectivity index (χ1n) is 12.6. The average Bonchev–Trinajstić information content (AvgIpc) is 2.88. The second kappa shape index (κ2) is 9.78. The lowest BCUT2D eigenvalue weighted by Gasteiger charge is -2.32. The number of para-hydroxylation sites is 1. The summed E-state index contributed by atoms with van der Waals surface area (Å²) in [6.07, 6.45) is 4.38. The number of nitrogens with two attached hydrogens (primary N) is 2. The molecule has 0 saturated heterocycles. The van der Waals surface area contributed by atoms with Crippen molar-refractivity contribution in [3.63, 3.8) is 0 Å². The van der Waals surface area contributed by atoms with Crippen LogP contribution in [-0.4, -0.2) is 26.4 Å². The number of fused-ring (bicyclic) bond motifs is 1. The molecule has 1 saturated carbocycles. The van der Waals surface area contributed by atoms with Crippen molar-refractivity contribution in [1.82, 2.24) is 9.97 Å². The van der Waals surface area contributed by atoms with Gasteiger partial charge in [0.15, 0.2) is 5.71 Å². The number of hydrogen-bond donors (Lipinski definition) is 4. The van der Waals surface area contributed by atoms with Gasteiger partial charge in [-0.1, -0.05) is 42.5 Å². The third-order valence-corrected chi connectivity index (χ3v) is 7.19. The van der Waals surface area contributed by atoms with E-state index in [9.17, 15) is 9.90 Å². The molecule has 3 atom stereocenters. The minimum atomic E-state index is -0.780. The lowest BCUT2D eigenvalue weighted by Crippen LogP contribution is -2.49. The zero-order valence-electron chi connectivity index (χ0n) is 21.1. The molecule has 0 amide bonds. The highest BCUT2D eigenvalue weighted by atomic mass is 16.3. The zero-order chi connectivity index (χ0) is 26.2. The number of hydrogen-bond acceptors (Lipinski definition) is 7. The van der Waals surface area contributed by atoms with Gasteiger partial charge in [0.25, 0.3) is 0 Å². The number of rotatable bonds is 6. The predicted octanol–water partition coefficient (Wildman–Crippen LogP) is 3.49. The molecule has 0 aliphatic heterocycles. The van der Waals surface area contributed by atoms with Crippen molar-refractivity contribution in [3.8, 4) is 11.1 Å². The fourth-order valence-corrected chi connectivity index (χ4v) is 5.34. The van der Waals surface area contributed by atoms with Crippen LogP contribution in [0.4, 0.5) is 11.6 Å². The van der Waals surface area contributed by atoms with Crippen LogP contribution < -0.4 is 21.9 Å². The third kappa shape index (κ3) is 4.84. The molecule has 0 bridgehead atoms. The first-order valence-corrected chi connectivity index (χ1v) is 12.6. The van der Waals surface area contributed by atoms with Crippen LogP contribution in [0.3, 0.4) is 0 Å². The molecule has 8 nitrogen and oxygen atoms in total. The Balaban J connectivity index is 1.57. The molecular weight excluding hydrogens is 466 g/mol. The van der Waals surface area contributed by atoms with E-state index in [1.807, 2.05) is 56.3 Å². The normalized spacial score (nSPS) is 20.5. The van der Waals surface area contributed by atoms with Gasteiger partial charge in [0.05, 0.1) is 22.6 Å². The van der Waals surface area contributed by atoms with E-state index in [0.717, 1.165) is 24.8 Å². The molecule has 1 aliphatic carbocycles. The number of aromatic nitrogens is 2. The lowest BCUT2D eigenvalue weighted by atomic mass is 9.76. The Morgan fingerprint density at radius 3 is 2.68 bits per heavy atom. The highest BCUT2D eigenvalue weighted by Crippen LogP contribution is 2.36. The van der Waals surface area contributed by atoms with Crippen molar-refractivity contribution in [2.24, 2.45) is 5.92 Å². The molecule has 1 fully saturated rings. The summed E-state index contributed by atoms with van der Waals surface area (Å²) < 4.78 is 6.33. The number of nitrogens with zero attached hydrogens (tertiary/aromatic N) is 2. The maximum atomic E-state index is 13.6. The Labute approximate surface area is 215 Å². The summed E-state index contributed by atoms with van der Waals surface area (Å²) in [7, 11) is 0. The summed E-state index contributed by atoms with van der Waals surface area (Å²) in [5.41, 5.74) is 8.27. The van der Waals surface area contributed by atoms with Gasteiger partial charge >= 0.3 is 0 Å². The Morgan fingerprint density at radius 2 is 1.92 bits per heavy atom. The standard InChI is InChI=1S/C29H31N5O3/c1-17(26-22(18-9-4-3-5-10-18)25(35)20-12-6-7-13-21(20)37-26)34-28-23(27(31)32-16-33-28)24(30)19-11-8-14-29(2,36)15-19/h3-7,9-10,12-13,16-17,19,30,36H,8,11,14-15H2,1-2H3,(H3,31,32,33,34)/p+1. The van der Waals surface area contributed by atoms with Gasteiger partial charge in [-0.3, -0.25) is 10.2 Å². The zero-order valence-corrected chi connectivity index (χ0v) is 21.1. The summed E-state index contributed by atoms with van der Waals surface area (Å²) in [5.74, 6) is 1.15. The number of nitrogen functional groups attached to an aromatic ring is 1. The molecular formula is C29H32N5O3+. The first kappa shape index (κ1) is 24.6. The SMILES string of the molecule is CC(Nc1ncnc(N)c1C(=[NH2+])C1CCCC(C)(O)C1)c1oc2ccccc2c(=O)c1-c1ccccc1. The quantitative estimate of drug-likeness (QED) is 0.298. The predicted molar refractivity (Wildman–Crippen MR) is 145 cm³/mol. The van der Waals surface area contributed by atoms with Gasteiger partial charge in [-0.15, -0.1) is 0 Å². The van der Waals surface area contributed by atoms with E-state index in [1.165, 1.54) is 6.33 Å². The van der Waals surface area contributed by atoms with E-state index in [2.05, 4.69) is 15.3 Å². The molecule has 8 heteroatoms. The van der Waals surface area contributed by atoms with Gasteiger partial charge in [-0.05, 0) is 57.2 Å². The summed E-state index contributed by atoms with van der Waals surface area (Å²) >= 11 is 0. The molecule has 2 aromatic heterocycles. The van der Waals surface area contributed by atoms with E-state index < -0.39 is 11.6 Å². The molecule has 1 aliphatic rings. The van der Waals surface area contributed by atoms with Crippen LogP contribution in [0.5, 0.6) is 0 Å². The van der Waals surface area contributed by atoms with E-state index in [0.29, 0.717) is 45.8 Å². The minimum Gasteiger partial charge on any atom is -0.458 e. The van der Waals surface area contributed by atoms with Gasteiger partial charge < -0.3 is 20.6 Å². The first-order chi connectivity index (χ1) is 17.7. The second-order valence-corrected chi connectivity index (χ2v) is 10.1. The summed E-state index contributed by atoms with van der Waals surface area (Å²) in [6.45, 7) is 3.74. The molecule has 2 aromatic carbocycles. The van der Waals surface area contributed by atoms with Crippen molar-refractivity contribution in [2.45, 2.75) is 51.2 Å². The fourth-order valence-electron chi connectivity index (χ4n) is 5.34. The van der Waals surface area contributed by atoms with Crippen LogP contribution in [0.25, 0.3) is 22.1 Å². The van der Waals surface area contributed by atoms with Gasteiger partial charge in [0, 0.05) is 5.92 Å². The van der Waals surface area contributed by atoms with Gasteiger partial charge in [-0.2, -0.15) is 0 Å². The molecule has 0 spiro atoms. The molecule has 0 radical (unpaired) electrons. The molecule has 6 N–H and O–H groups in total. The van der Waals surface area contributed by atoms with Crippen molar-refractivity contribution in [3.05, 3.63) is 82.5 Å². The monoisotopic (exact) mass is 498 g/mol. The van der Waals surface area contributed by atoms with Crippen molar-refractivity contribution >= 4 is 28.3 Å². The number of nitrogens with one attached hydrogen (secondary N) is 1. The van der Waals surface area contributed by atoms with E-state index in [-0.39, 0.29) is 17.2 Å². The summed E-state index contributed by atoms with van der Waals surface area (Å²) in [4.78, 5) is 22.3. The second-order valence-electron chi connectivity index (χ2n) is 10.1. The van der Waals surface area contributed by atoms with Crippen molar-refractivity contribution in [2.75, 3.05) is 11.1 Å². The van der Waals surface area contributed by atoms with E-state index >= 15 is 0 Å². The lowest BCUT2D eigenvalue weighted by molar-refractivity contribution is -0.122. The van der Waals surface area contributed by atoms with Crippen LogP contribution in [0.2, 0.25) is 0 Å². The molecule has 190 valence electrons. The smallest absolute Gasteiger partial charge is 0.200 e. The van der Waals surface area contributed by atoms with E-state index in [1.54, 1.807) is 12.1 Å². The Hall–Kier alpha value is -4.04. The largest absolute Gasteiger partial charge is 0.458 e. The highest BCUT2D eigenvalue weighted by molar-refractivity contribution is 6.05. The molecule has 3 unspecified atom stereocenters. The molecule has 5 rings (SSSR count). The molecule has 37 heavy (non-hydrogen) atoms. The number of benzene rings is 2. The van der Waals surface area contributed by atoms with Crippen LogP contribution >= 0.6 is 0 Å². The number of anilines is 2. The maximum Gasteiger partial charge on any atom is 0.200 e. The van der Waals surface area contributed by atoms with Crippen molar-refractivity contribution < 1.29 is 14.9 Å². The van der Waals surface area contributed by atoms with Crippen LogP contribution in [-0.2, 0) is 0 Å². The van der Waals surface area contributed by atoms with Crippen LogP contribution in [0, 0.1) is 5.92 Å². The van der Waals surface area contributed by atoms with Crippen LogP contribution in [0.1, 0.15) is 56.9 Å². The summed E-state index contributed by atoms with van der Waals surface area (Å²) in [6, 6.07) is 16.3.